The minimum absolute atomic E-state index is 0.0341. The Labute approximate surface area is 121 Å². The molecule has 2 aromatic rings. The Morgan fingerprint density at radius 2 is 1.85 bits per heavy atom. The van der Waals surface area contributed by atoms with Gasteiger partial charge in [-0.2, -0.15) is 5.10 Å². The monoisotopic (exact) mass is 272 g/mol. The number of carbonyl (C=O) groups is 1. The number of nitrogens with zero attached hydrogens (tertiary/aromatic N) is 2. The minimum Gasteiger partial charge on any atom is -0.294 e. The van der Waals surface area contributed by atoms with Crippen molar-refractivity contribution in [2.24, 2.45) is 11.3 Å². The summed E-state index contributed by atoms with van der Waals surface area (Å²) in [6, 6.07) is 5.87. The fourth-order valence-corrected chi connectivity index (χ4v) is 2.28. The zero-order chi connectivity index (χ0) is 15.1. The van der Waals surface area contributed by atoms with Gasteiger partial charge in [0.25, 0.3) is 0 Å². The van der Waals surface area contributed by atoms with Crippen LogP contribution in [0.15, 0.2) is 24.4 Å². The molecule has 0 bridgehead atoms. The van der Waals surface area contributed by atoms with Crippen molar-refractivity contribution < 1.29 is 4.79 Å². The van der Waals surface area contributed by atoms with Crippen LogP contribution < -0.4 is 0 Å². The van der Waals surface area contributed by atoms with Crippen LogP contribution in [0.1, 0.15) is 63.5 Å². The summed E-state index contributed by atoms with van der Waals surface area (Å²) in [7, 11) is 0. The molecule has 0 aliphatic rings. The largest absolute Gasteiger partial charge is 0.294 e. The topological polar surface area (TPSA) is 34.4 Å². The highest BCUT2D eigenvalue weighted by atomic mass is 16.1. The Kier molecular flexibility index (Phi) is 3.72. The van der Waals surface area contributed by atoms with E-state index in [-0.39, 0.29) is 23.0 Å². The summed E-state index contributed by atoms with van der Waals surface area (Å²) in [5, 5.41) is 4.59. The minimum atomic E-state index is -0.0472. The van der Waals surface area contributed by atoms with Crippen LogP contribution in [0.2, 0.25) is 0 Å². The highest BCUT2D eigenvalue weighted by Gasteiger charge is 2.32. The lowest BCUT2D eigenvalue weighted by atomic mass is 9.77. The fraction of sp³-hybridized carbons (Fsp3) is 0.529. The van der Waals surface area contributed by atoms with Gasteiger partial charge in [-0.25, -0.2) is 4.52 Å². The highest BCUT2D eigenvalue weighted by Crippen LogP contribution is 2.32. The molecule has 0 N–H and O–H groups in total. The molecule has 0 saturated heterocycles. The first kappa shape index (κ1) is 14.8. The van der Waals surface area contributed by atoms with Gasteiger partial charge in [-0.05, 0) is 23.5 Å². The molecule has 108 valence electrons. The molecule has 1 atom stereocenters. The number of carbonyl (C=O) groups excluding carboxylic acids is 1. The van der Waals surface area contributed by atoms with Crippen LogP contribution in [0.4, 0.5) is 0 Å². The molecule has 2 heterocycles. The molecule has 1 unspecified atom stereocenters. The third-order valence-electron chi connectivity index (χ3n) is 4.05. The summed E-state index contributed by atoms with van der Waals surface area (Å²) in [5.74, 6) is 0.400. The number of hydrogen-bond acceptors (Lipinski definition) is 2. The molecule has 0 radical (unpaired) electrons. The van der Waals surface area contributed by atoms with E-state index in [2.05, 4.69) is 39.7 Å². The average molecular weight is 272 g/mol. The summed E-state index contributed by atoms with van der Waals surface area (Å²) >= 11 is 0. The van der Waals surface area contributed by atoms with Crippen molar-refractivity contribution >= 4 is 11.3 Å². The van der Waals surface area contributed by atoms with Crippen LogP contribution in [0, 0.1) is 11.3 Å². The number of pyridine rings is 1. The van der Waals surface area contributed by atoms with Crippen molar-refractivity contribution in [3.8, 4) is 0 Å². The summed E-state index contributed by atoms with van der Waals surface area (Å²) in [6.45, 7) is 12.5. The van der Waals surface area contributed by atoms with E-state index in [1.807, 2.05) is 35.8 Å². The van der Waals surface area contributed by atoms with E-state index in [1.165, 1.54) is 0 Å². The predicted octanol–water partition coefficient (Wildman–Crippen LogP) is 4.32. The van der Waals surface area contributed by atoms with Crippen LogP contribution in [-0.2, 0) is 0 Å². The summed E-state index contributed by atoms with van der Waals surface area (Å²) in [4.78, 5) is 12.9. The Bertz CT molecular complexity index is 632. The molecule has 2 aromatic heterocycles. The maximum Gasteiger partial charge on any atom is 0.170 e. The van der Waals surface area contributed by atoms with Crippen LogP contribution in [0.3, 0.4) is 0 Å². The molecule has 20 heavy (non-hydrogen) atoms. The van der Waals surface area contributed by atoms with E-state index in [0.717, 1.165) is 16.8 Å². The molecule has 0 aromatic carbocycles. The van der Waals surface area contributed by atoms with E-state index in [9.17, 15) is 4.79 Å². The normalized spacial score (nSPS) is 13.9. The molecule has 0 amide bonds. The van der Waals surface area contributed by atoms with Gasteiger partial charge in [0, 0.05) is 12.1 Å². The number of fused-ring (bicyclic) bond motifs is 1. The zero-order valence-corrected chi connectivity index (χ0v) is 13.3. The molecule has 3 heteroatoms. The van der Waals surface area contributed by atoms with Gasteiger partial charge in [-0.15, -0.1) is 0 Å². The van der Waals surface area contributed by atoms with E-state index in [1.54, 1.807) is 0 Å². The number of aromatic nitrogens is 2. The van der Waals surface area contributed by atoms with E-state index in [4.69, 9.17) is 0 Å². The summed E-state index contributed by atoms with van der Waals surface area (Å²) < 4.78 is 1.82. The first-order chi connectivity index (χ1) is 9.23. The maximum absolute atomic E-state index is 12.9. The third-order valence-corrected chi connectivity index (χ3v) is 4.05. The van der Waals surface area contributed by atoms with Gasteiger partial charge in [0.2, 0.25) is 0 Å². The quantitative estimate of drug-likeness (QED) is 0.780. The molecular formula is C17H24N2O. The lowest BCUT2D eigenvalue weighted by molar-refractivity contribution is 0.0840. The zero-order valence-electron chi connectivity index (χ0n) is 13.3. The Morgan fingerprint density at radius 1 is 1.20 bits per heavy atom. The van der Waals surface area contributed by atoms with Crippen molar-refractivity contribution in [2.75, 3.05) is 0 Å². The number of hydrogen-bond donors (Lipinski definition) is 0. The van der Waals surface area contributed by atoms with Crippen molar-refractivity contribution in [1.82, 2.24) is 9.61 Å². The van der Waals surface area contributed by atoms with E-state index >= 15 is 0 Å². The highest BCUT2D eigenvalue weighted by molar-refractivity contribution is 6.05. The number of rotatable bonds is 3. The van der Waals surface area contributed by atoms with Gasteiger partial charge in [0.15, 0.2) is 5.78 Å². The standard InChI is InChI=1S/C17H24N2O/c1-11(2)15-14(16(20)12(3)17(4,5)6)13-9-7-8-10-19(13)18-15/h7-12H,1-6H3. The number of ketones is 1. The molecule has 0 aliphatic heterocycles. The van der Waals surface area contributed by atoms with Crippen LogP contribution in [0.25, 0.3) is 5.52 Å². The Balaban J connectivity index is 2.63. The Hall–Kier alpha value is -1.64. The van der Waals surface area contributed by atoms with Crippen molar-refractivity contribution in [1.29, 1.82) is 0 Å². The SMILES string of the molecule is CC(C)c1nn2ccccc2c1C(=O)C(C)C(C)(C)C. The number of Topliss-reactive ketones (excluding diaryl/α,β-unsaturated/α-hetero) is 1. The van der Waals surface area contributed by atoms with Crippen molar-refractivity contribution in [3.63, 3.8) is 0 Å². The third kappa shape index (κ3) is 2.49. The lowest BCUT2D eigenvalue weighted by Crippen LogP contribution is -2.26. The average Bonchev–Trinajstić information content (AvgIpc) is 2.75. The second-order valence-corrected chi connectivity index (χ2v) is 6.90. The van der Waals surface area contributed by atoms with Crippen LogP contribution in [0.5, 0.6) is 0 Å². The molecule has 0 saturated carbocycles. The van der Waals surface area contributed by atoms with Gasteiger partial charge in [0.05, 0.1) is 16.8 Å². The molecular weight excluding hydrogens is 248 g/mol. The predicted molar refractivity (Wildman–Crippen MR) is 82.2 cm³/mol. The van der Waals surface area contributed by atoms with Gasteiger partial charge >= 0.3 is 0 Å². The Morgan fingerprint density at radius 3 is 2.40 bits per heavy atom. The van der Waals surface area contributed by atoms with E-state index in [0.29, 0.717) is 0 Å². The smallest absolute Gasteiger partial charge is 0.170 e. The van der Waals surface area contributed by atoms with Gasteiger partial charge in [-0.1, -0.05) is 47.6 Å². The maximum atomic E-state index is 12.9. The molecule has 0 spiro atoms. The second kappa shape index (κ2) is 5.04. The van der Waals surface area contributed by atoms with Crippen LogP contribution >= 0.6 is 0 Å². The fourth-order valence-electron chi connectivity index (χ4n) is 2.28. The molecule has 3 nitrogen and oxygen atoms in total. The summed E-state index contributed by atoms with van der Waals surface area (Å²) in [6.07, 6.45) is 1.90. The van der Waals surface area contributed by atoms with Gasteiger partial charge in [-0.3, -0.25) is 4.79 Å². The molecule has 0 fully saturated rings. The van der Waals surface area contributed by atoms with Gasteiger partial charge < -0.3 is 0 Å². The van der Waals surface area contributed by atoms with Crippen LogP contribution in [-0.4, -0.2) is 15.4 Å². The van der Waals surface area contributed by atoms with Crippen molar-refractivity contribution in [3.05, 3.63) is 35.7 Å². The molecule has 0 aliphatic carbocycles. The molecule has 2 rings (SSSR count). The van der Waals surface area contributed by atoms with Gasteiger partial charge in [0.1, 0.15) is 0 Å². The van der Waals surface area contributed by atoms with Crippen molar-refractivity contribution in [2.45, 2.75) is 47.5 Å². The van der Waals surface area contributed by atoms with E-state index < -0.39 is 0 Å². The lowest BCUT2D eigenvalue weighted by Gasteiger charge is -2.26. The first-order valence-electron chi connectivity index (χ1n) is 7.25. The summed E-state index contributed by atoms with van der Waals surface area (Å²) in [5.41, 5.74) is 2.56. The first-order valence-corrected chi connectivity index (χ1v) is 7.25. The second-order valence-electron chi connectivity index (χ2n) is 6.90.